The Morgan fingerprint density at radius 1 is 0.857 bits per heavy atom. The third-order valence-electron chi connectivity index (χ3n) is 3.89. The predicted octanol–water partition coefficient (Wildman–Crippen LogP) is 5.79. The summed E-state index contributed by atoms with van der Waals surface area (Å²) in [5, 5.41) is 0. The molecule has 114 valence electrons. The zero-order valence-corrected chi connectivity index (χ0v) is 18.7. The van der Waals surface area contributed by atoms with Crippen LogP contribution in [0, 0.1) is 0 Å². The SMILES string of the molecule is CCCCCCCCn1c2cc(Br)[se]c2c2[se]c(Br)cc21. The monoisotopic (exact) mass is 543 g/mol. The van der Waals surface area contributed by atoms with Crippen LogP contribution in [0.2, 0.25) is 0 Å². The van der Waals surface area contributed by atoms with Crippen LogP contribution in [0.4, 0.5) is 0 Å². The molecule has 0 atom stereocenters. The Bertz CT molecular complexity index is 684. The molecule has 0 fully saturated rings. The van der Waals surface area contributed by atoms with Crippen LogP contribution in [-0.2, 0) is 6.54 Å². The summed E-state index contributed by atoms with van der Waals surface area (Å²) in [5.41, 5.74) is 3.00. The Balaban J connectivity index is 1.78. The fourth-order valence-corrected chi connectivity index (χ4v) is 9.39. The van der Waals surface area contributed by atoms with Gasteiger partial charge in [0.25, 0.3) is 0 Å². The Morgan fingerprint density at radius 3 is 1.95 bits per heavy atom. The average Bonchev–Trinajstić information content (AvgIpc) is 3.06. The Labute approximate surface area is 154 Å². The molecule has 3 aromatic rings. The van der Waals surface area contributed by atoms with Gasteiger partial charge in [0.1, 0.15) is 0 Å². The van der Waals surface area contributed by atoms with E-state index in [1.165, 1.54) is 62.8 Å². The molecule has 0 amide bonds. The zero-order valence-electron chi connectivity index (χ0n) is 12.1. The van der Waals surface area contributed by atoms with Crippen LogP contribution in [0.3, 0.4) is 0 Å². The van der Waals surface area contributed by atoms with Crippen molar-refractivity contribution in [2.24, 2.45) is 0 Å². The molecule has 5 heteroatoms. The summed E-state index contributed by atoms with van der Waals surface area (Å²) < 4.78 is 8.66. The third-order valence-corrected chi connectivity index (χ3v) is 10.6. The molecule has 3 rings (SSSR count). The van der Waals surface area contributed by atoms with E-state index >= 15 is 0 Å². The van der Waals surface area contributed by atoms with Gasteiger partial charge in [-0.15, -0.1) is 0 Å². The summed E-state index contributed by atoms with van der Waals surface area (Å²) in [6, 6.07) is 4.73. The molecular weight excluding hydrogens is 524 g/mol. The number of hydrogen-bond acceptors (Lipinski definition) is 0. The molecule has 0 aliphatic carbocycles. The summed E-state index contributed by atoms with van der Waals surface area (Å²) in [5.74, 6) is 0. The number of rotatable bonds is 7. The Hall–Kier alpha value is 0.759. The first-order chi connectivity index (χ1) is 10.2. The molecule has 0 aromatic carbocycles. The fraction of sp³-hybridized carbons (Fsp3) is 0.500. The van der Waals surface area contributed by atoms with E-state index in [-0.39, 0.29) is 0 Å². The maximum atomic E-state index is 3.72. The Morgan fingerprint density at radius 2 is 1.38 bits per heavy atom. The summed E-state index contributed by atoms with van der Waals surface area (Å²) in [7, 11) is 0. The van der Waals surface area contributed by atoms with Crippen LogP contribution in [-0.4, -0.2) is 33.6 Å². The van der Waals surface area contributed by atoms with Crippen LogP contribution in [0.15, 0.2) is 18.8 Å². The molecule has 0 N–H and O–H groups in total. The number of aryl methyl sites for hydroxylation is 1. The molecule has 0 spiro atoms. The van der Waals surface area contributed by atoms with E-state index < -0.39 is 0 Å². The van der Waals surface area contributed by atoms with Crippen molar-refractivity contribution in [1.29, 1.82) is 0 Å². The number of unbranched alkanes of at least 4 members (excludes halogenated alkanes) is 5. The van der Waals surface area contributed by atoms with Gasteiger partial charge < -0.3 is 0 Å². The second-order valence-electron chi connectivity index (χ2n) is 5.45. The average molecular weight is 543 g/mol. The van der Waals surface area contributed by atoms with E-state index in [0.717, 1.165) is 0 Å². The van der Waals surface area contributed by atoms with Gasteiger partial charge in [0.05, 0.1) is 0 Å². The molecule has 3 aromatic heterocycles. The van der Waals surface area contributed by atoms with Crippen LogP contribution in [0.25, 0.3) is 19.6 Å². The number of fused-ring (bicyclic) bond motifs is 3. The van der Waals surface area contributed by atoms with E-state index in [4.69, 9.17) is 0 Å². The van der Waals surface area contributed by atoms with Crippen molar-refractivity contribution in [2.45, 2.75) is 52.0 Å². The minimum atomic E-state index is 0.499. The van der Waals surface area contributed by atoms with Gasteiger partial charge in [0.15, 0.2) is 0 Å². The first-order valence-corrected chi connectivity index (χ1v) is 12.6. The van der Waals surface area contributed by atoms with Gasteiger partial charge in [0.2, 0.25) is 0 Å². The second kappa shape index (κ2) is 7.55. The molecule has 0 aliphatic heterocycles. The number of hydrogen-bond donors (Lipinski definition) is 0. The molecule has 0 saturated heterocycles. The van der Waals surface area contributed by atoms with E-state index in [2.05, 4.69) is 55.5 Å². The molecule has 0 saturated carbocycles. The van der Waals surface area contributed by atoms with Crippen molar-refractivity contribution in [3.05, 3.63) is 18.8 Å². The van der Waals surface area contributed by atoms with E-state index in [9.17, 15) is 0 Å². The second-order valence-corrected chi connectivity index (χ2v) is 13.9. The normalized spacial score (nSPS) is 12.0. The predicted molar refractivity (Wildman–Crippen MR) is 102 cm³/mol. The fourth-order valence-electron chi connectivity index (χ4n) is 2.85. The molecule has 21 heavy (non-hydrogen) atoms. The quantitative estimate of drug-likeness (QED) is 0.263. The maximum absolute atomic E-state index is 3.72. The van der Waals surface area contributed by atoms with Gasteiger partial charge >= 0.3 is 156 Å². The molecule has 1 nitrogen and oxygen atoms in total. The summed E-state index contributed by atoms with van der Waals surface area (Å²) in [6.07, 6.45) is 8.21. The van der Waals surface area contributed by atoms with Gasteiger partial charge in [-0.1, -0.05) is 0 Å². The zero-order chi connectivity index (χ0) is 14.8. The van der Waals surface area contributed by atoms with Crippen molar-refractivity contribution in [2.75, 3.05) is 0 Å². The number of halogens is 2. The van der Waals surface area contributed by atoms with Gasteiger partial charge in [-0.25, -0.2) is 0 Å². The first-order valence-electron chi connectivity index (χ1n) is 7.57. The first kappa shape index (κ1) is 16.6. The van der Waals surface area contributed by atoms with E-state index in [0.29, 0.717) is 29.0 Å². The topological polar surface area (TPSA) is 4.93 Å². The van der Waals surface area contributed by atoms with Gasteiger partial charge in [-0.3, -0.25) is 0 Å². The van der Waals surface area contributed by atoms with E-state index in [1.54, 1.807) is 8.52 Å². The van der Waals surface area contributed by atoms with Crippen LogP contribution >= 0.6 is 31.9 Å². The number of nitrogens with zero attached hydrogens (tertiary/aromatic N) is 1. The molecule has 0 bridgehead atoms. The molecule has 3 heterocycles. The third kappa shape index (κ3) is 3.65. The van der Waals surface area contributed by atoms with Crippen molar-refractivity contribution < 1.29 is 0 Å². The standard InChI is InChI=1S/C16H19Br2NSe2/c1-2-3-4-5-6-7-8-19-11-9-13(17)20-15(11)16-12(19)10-14(18)21-16/h9-10H,2-8H2,1H3. The molecule has 0 unspecified atom stereocenters. The minimum absolute atomic E-state index is 0.499. The van der Waals surface area contributed by atoms with Crippen molar-refractivity contribution in [3.63, 3.8) is 0 Å². The van der Waals surface area contributed by atoms with Gasteiger partial charge in [0, 0.05) is 0 Å². The summed E-state index contributed by atoms with van der Waals surface area (Å²) in [6.45, 7) is 3.47. The van der Waals surface area contributed by atoms with Crippen LogP contribution in [0.5, 0.6) is 0 Å². The Kier molecular flexibility index (Phi) is 5.97. The van der Waals surface area contributed by atoms with Crippen molar-refractivity contribution in [3.8, 4) is 0 Å². The van der Waals surface area contributed by atoms with Crippen LogP contribution < -0.4 is 0 Å². The molecule has 0 radical (unpaired) electrons. The molecule has 0 aliphatic rings. The van der Waals surface area contributed by atoms with Crippen LogP contribution in [0.1, 0.15) is 45.4 Å². The van der Waals surface area contributed by atoms with Gasteiger partial charge in [-0.2, -0.15) is 0 Å². The van der Waals surface area contributed by atoms with E-state index in [1.807, 2.05) is 0 Å². The molecular formula is C16H19Br2NSe2. The van der Waals surface area contributed by atoms with Crippen molar-refractivity contribution in [1.82, 2.24) is 4.57 Å². The van der Waals surface area contributed by atoms with Crippen molar-refractivity contribution >= 4 is 80.4 Å². The van der Waals surface area contributed by atoms with Gasteiger partial charge in [-0.05, 0) is 0 Å². The number of aromatic nitrogens is 1. The summed E-state index contributed by atoms with van der Waals surface area (Å²) in [4.78, 5) is 0. The summed E-state index contributed by atoms with van der Waals surface area (Å²) >= 11 is 8.44.